The zero-order valence-corrected chi connectivity index (χ0v) is 14.0. The Morgan fingerprint density at radius 3 is 2.91 bits per heavy atom. The highest BCUT2D eigenvalue weighted by molar-refractivity contribution is 5.20. The van der Waals surface area contributed by atoms with Crippen molar-refractivity contribution in [3.8, 4) is 0 Å². The maximum atomic E-state index is 10.5. The molecular formula is C18H26N2O3. The van der Waals surface area contributed by atoms with Gasteiger partial charge in [0.25, 0.3) is 0 Å². The van der Waals surface area contributed by atoms with E-state index in [1.165, 1.54) is 24.8 Å². The summed E-state index contributed by atoms with van der Waals surface area (Å²) in [6.07, 6.45) is 6.57. The first kappa shape index (κ1) is 16.3. The van der Waals surface area contributed by atoms with Gasteiger partial charge in [0.2, 0.25) is 0 Å². The molecule has 5 nitrogen and oxygen atoms in total. The Kier molecular flexibility index (Phi) is 5.18. The third kappa shape index (κ3) is 3.85. The molecule has 0 saturated carbocycles. The number of aliphatic hydroxyl groups excluding tert-OH is 1. The van der Waals surface area contributed by atoms with E-state index in [1.54, 1.807) is 6.26 Å². The number of hydrogen-bond donors (Lipinski definition) is 1. The van der Waals surface area contributed by atoms with Gasteiger partial charge in [0, 0.05) is 18.2 Å². The molecule has 0 spiro atoms. The van der Waals surface area contributed by atoms with E-state index in [0.717, 1.165) is 31.0 Å². The van der Waals surface area contributed by atoms with Crippen LogP contribution in [0.15, 0.2) is 27.3 Å². The van der Waals surface area contributed by atoms with Crippen LogP contribution in [-0.2, 0) is 6.54 Å². The fraction of sp³-hybridized carbons (Fsp3) is 0.611. The van der Waals surface area contributed by atoms with Gasteiger partial charge in [0.15, 0.2) is 0 Å². The van der Waals surface area contributed by atoms with Gasteiger partial charge in [-0.2, -0.15) is 0 Å². The molecule has 1 N–H and O–H groups in total. The quantitative estimate of drug-likeness (QED) is 0.909. The van der Waals surface area contributed by atoms with Gasteiger partial charge < -0.3 is 14.0 Å². The molecule has 23 heavy (non-hydrogen) atoms. The van der Waals surface area contributed by atoms with Crippen LogP contribution in [0.4, 0.5) is 0 Å². The van der Waals surface area contributed by atoms with Crippen LogP contribution >= 0.6 is 0 Å². The van der Waals surface area contributed by atoms with E-state index in [1.807, 2.05) is 26.0 Å². The Labute approximate surface area is 137 Å². The molecule has 0 unspecified atom stereocenters. The molecule has 2 aromatic rings. The third-order valence-electron chi connectivity index (χ3n) is 4.91. The highest BCUT2D eigenvalue weighted by Crippen LogP contribution is 2.28. The lowest BCUT2D eigenvalue weighted by atomic mass is 10.0. The number of hydrogen-bond acceptors (Lipinski definition) is 5. The van der Waals surface area contributed by atoms with E-state index in [-0.39, 0.29) is 0 Å². The van der Waals surface area contributed by atoms with Gasteiger partial charge in [-0.15, -0.1) is 0 Å². The van der Waals surface area contributed by atoms with Crippen molar-refractivity contribution in [3.05, 3.63) is 41.2 Å². The average molecular weight is 318 g/mol. The number of aliphatic hydroxyl groups is 1. The van der Waals surface area contributed by atoms with Crippen LogP contribution in [0.2, 0.25) is 0 Å². The molecule has 126 valence electrons. The molecule has 3 heterocycles. The Bertz CT molecular complexity index is 586. The van der Waals surface area contributed by atoms with Gasteiger partial charge in [-0.05, 0) is 51.8 Å². The molecule has 5 heteroatoms. The maximum absolute atomic E-state index is 10.5. The predicted octanol–water partition coefficient (Wildman–Crippen LogP) is 3.75. The first-order chi connectivity index (χ1) is 11.1. The van der Waals surface area contributed by atoms with Gasteiger partial charge in [-0.25, -0.2) is 0 Å². The second kappa shape index (κ2) is 7.32. The first-order valence-corrected chi connectivity index (χ1v) is 8.52. The van der Waals surface area contributed by atoms with Gasteiger partial charge in [0.05, 0.1) is 12.0 Å². The van der Waals surface area contributed by atoms with Crippen LogP contribution in [0.1, 0.15) is 61.0 Å². The SMILES string of the molecule is Cc1noc(C)c1CN1CCCCC[C@@H]1C[C@H](O)c1ccco1. The van der Waals surface area contributed by atoms with Crippen molar-refractivity contribution in [1.82, 2.24) is 10.1 Å². The van der Waals surface area contributed by atoms with E-state index >= 15 is 0 Å². The van der Waals surface area contributed by atoms with Crippen LogP contribution in [0.5, 0.6) is 0 Å². The first-order valence-electron chi connectivity index (χ1n) is 8.52. The van der Waals surface area contributed by atoms with Crippen LogP contribution in [0.25, 0.3) is 0 Å². The summed E-state index contributed by atoms with van der Waals surface area (Å²) in [6.45, 7) is 5.87. The van der Waals surface area contributed by atoms with Gasteiger partial charge in [-0.3, -0.25) is 4.90 Å². The lowest BCUT2D eigenvalue weighted by Crippen LogP contribution is -2.35. The summed E-state index contributed by atoms with van der Waals surface area (Å²) in [6, 6.07) is 4.03. The summed E-state index contributed by atoms with van der Waals surface area (Å²) in [5.41, 5.74) is 2.15. The summed E-state index contributed by atoms with van der Waals surface area (Å²) in [4.78, 5) is 2.48. The molecule has 1 aliphatic heterocycles. The highest BCUT2D eigenvalue weighted by Gasteiger charge is 2.26. The fourth-order valence-electron chi connectivity index (χ4n) is 3.50. The molecule has 0 amide bonds. The summed E-state index contributed by atoms with van der Waals surface area (Å²) >= 11 is 0. The van der Waals surface area contributed by atoms with Crippen LogP contribution in [-0.4, -0.2) is 27.7 Å². The van der Waals surface area contributed by atoms with Crippen molar-refractivity contribution in [2.75, 3.05) is 6.54 Å². The molecular weight excluding hydrogens is 292 g/mol. The van der Waals surface area contributed by atoms with E-state index in [2.05, 4.69) is 10.1 Å². The van der Waals surface area contributed by atoms with Crippen molar-refractivity contribution < 1.29 is 14.0 Å². The van der Waals surface area contributed by atoms with Gasteiger partial charge in [0.1, 0.15) is 17.6 Å². The monoisotopic (exact) mass is 318 g/mol. The molecule has 1 fully saturated rings. The lowest BCUT2D eigenvalue weighted by Gasteiger charge is -2.31. The minimum absolute atomic E-state index is 0.353. The van der Waals surface area contributed by atoms with Crippen molar-refractivity contribution in [2.24, 2.45) is 0 Å². The van der Waals surface area contributed by atoms with Crippen molar-refractivity contribution in [2.45, 2.75) is 64.6 Å². The Balaban J connectivity index is 1.72. The topological polar surface area (TPSA) is 62.6 Å². The second-order valence-electron chi connectivity index (χ2n) is 6.54. The number of likely N-dealkylation sites (tertiary alicyclic amines) is 1. The smallest absolute Gasteiger partial charge is 0.138 e. The molecule has 1 saturated heterocycles. The average Bonchev–Trinajstić information content (AvgIpc) is 3.11. The molecule has 3 rings (SSSR count). The van der Waals surface area contributed by atoms with E-state index in [0.29, 0.717) is 18.2 Å². The number of nitrogens with zero attached hydrogens (tertiary/aromatic N) is 2. The van der Waals surface area contributed by atoms with Crippen molar-refractivity contribution in [3.63, 3.8) is 0 Å². The summed E-state index contributed by atoms with van der Waals surface area (Å²) < 4.78 is 10.7. The molecule has 0 aromatic carbocycles. The molecule has 2 aromatic heterocycles. The minimum Gasteiger partial charge on any atom is -0.467 e. The lowest BCUT2D eigenvalue weighted by molar-refractivity contribution is 0.0828. The normalized spacial score (nSPS) is 21.3. The Morgan fingerprint density at radius 2 is 2.22 bits per heavy atom. The van der Waals surface area contributed by atoms with Gasteiger partial charge >= 0.3 is 0 Å². The second-order valence-corrected chi connectivity index (χ2v) is 6.54. The summed E-state index contributed by atoms with van der Waals surface area (Å²) in [5, 5.41) is 14.5. The zero-order valence-electron chi connectivity index (χ0n) is 14.0. The van der Waals surface area contributed by atoms with E-state index in [9.17, 15) is 5.11 Å². The van der Waals surface area contributed by atoms with Crippen molar-refractivity contribution in [1.29, 1.82) is 0 Å². The van der Waals surface area contributed by atoms with Crippen molar-refractivity contribution >= 4 is 0 Å². The van der Waals surface area contributed by atoms with E-state index in [4.69, 9.17) is 8.94 Å². The maximum Gasteiger partial charge on any atom is 0.138 e. The predicted molar refractivity (Wildman–Crippen MR) is 86.9 cm³/mol. The minimum atomic E-state index is -0.541. The standard InChI is InChI=1S/C18H26N2O3/c1-13-16(14(2)23-19-13)12-20-9-5-3-4-7-15(20)11-17(21)18-8-6-10-22-18/h6,8,10,15,17,21H,3-5,7,9,11-12H2,1-2H3/t15-,17+/m1/s1. The summed E-state index contributed by atoms with van der Waals surface area (Å²) in [5.74, 6) is 1.56. The number of rotatable bonds is 5. The zero-order chi connectivity index (χ0) is 16.2. The number of furan rings is 1. The molecule has 0 aliphatic carbocycles. The number of aryl methyl sites for hydroxylation is 2. The van der Waals surface area contributed by atoms with E-state index < -0.39 is 6.10 Å². The number of aromatic nitrogens is 1. The highest BCUT2D eigenvalue weighted by atomic mass is 16.5. The molecule has 0 bridgehead atoms. The summed E-state index contributed by atoms with van der Waals surface area (Å²) in [7, 11) is 0. The van der Waals surface area contributed by atoms with Crippen LogP contribution in [0.3, 0.4) is 0 Å². The molecule has 1 aliphatic rings. The Hall–Kier alpha value is -1.59. The third-order valence-corrected chi connectivity index (χ3v) is 4.91. The fourth-order valence-corrected chi connectivity index (χ4v) is 3.50. The van der Waals surface area contributed by atoms with Crippen LogP contribution < -0.4 is 0 Å². The largest absolute Gasteiger partial charge is 0.467 e. The Morgan fingerprint density at radius 1 is 1.35 bits per heavy atom. The molecule has 2 atom stereocenters. The van der Waals surface area contributed by atoms with Crippen LogP contribution in [0, 0.1) is 13.8 Å². The van der Waals surface area contributed by atoms with Gasteiger partial charge in [-0.1, -0.05) is 18.0 Å². The molecule has 0 radical (unpaired) electrons.